The van der Waals surface area contributed by atoms with Crippen molar-refractivity contribution in [1.29, 1.82) is 0 Å². The zero-order valence-electron chi connectivity index (χ0n) is 15.9. The Balaban J connectivity index is 1.90. The van der Waals surface area contributed by atoms with Gasteiger partial charge < -0.3 is 10.5 Å². The van der Waals surface area contributed by atoms with Crippen molar-refractivity contribution in [2.75, 3.05) is 5.43 Å². The summed E-state index contributed by atoms with van der Waals surface area (Å²) in [6.07, 6.45) is 2.93. The smallest absolute Gasteiger partial charge is 0.310 e. The molecule has 29 heavy (non-hydrogen) atoms. The van der Waals surface area contributed by atoms with Gasteiger partial charge in [0, 0.05) is 18.0 Å². The highest BCUT2D eigenvalue weighted by atomic mass is 32.2. The van der Waals surface area contributed by atoms with E-state index in [-0.39, 0.29) is 17.0 Å². The fourth-order valence-corrected chi connectivity index (χ4v) is 4.45. The van der Waals surface area contributed by atoms with Crippen molar-refractivity contribution in [3.63, 3.8) is 0 Å². The molecule has 2 aromatic heterocycles. The molecule has 0 amide bonds. The molecule has 0 fully saturated rings. The van der Waals surface area contributed by atoms with Gasteiger partial charge in [-0.2, -0.15) is 0 Å². The molecule has 1 aromatic carbocycles. The Morgan fingerprint density at radius 3 is 2.45 bits per heavy atom. The number of benzene rings is 1. The third kappa shape index (κ3) is 3.95. The number of aryl methyl sites for hydroxylation is 1. The van der Waals surface area contributed by atoms with E-state index in [9.17, 15) is 23.1 Å². The minimum absolute atomic E-state index is 0.0446. The van der Waals surface area contributed by atoms with Gasteiger partial charge in [-0.25, -0.2) is 17.1 Å². The topological polar surface area (TPSA) is 110 Å². The second-order valence-corrected chi connectivity index (χ2v) is 8.41. The van der Waals surface area contributed by atoms with Gasteiger partial charge in [0.15, 0.2) is 0 Å². The zero-order chi connectivity index (χ0) is 21.2. The maximum atomic E-state index is 12.9. The Bertz CT molecular complexity index is 1200. The molecule has 2 N–H and O–H groups in total. The van der Waals surface area contributed by atoms with Crippen molar-refractivity contribution in [2.45, 2.75) is 31.2 Å². The Morgan fingerprint density at radius 2 is 1.79 bits per heavy atom. The van der Waals surface area contributed by atoms with Crippen LogP contribution in [0.1, 0.15) is 29.7 Å². The molecule has 9 heteroatoms. The quantitative estimate of drug-likeness (QED) is 0.612. The third-order valence-electron chi connectivity index (χ3n) is 4.67. The highest BCUT2D eigenvalue weighted by Gasteiger charge is 2.22. The Labute approximate surface area is 168 Å². The number of hydrogen-bond acceptors (Lipinski definition) is 5. The highest BCUT2D eigenvalue weighted by Crippen LogP contribution is 2.17. The standard InChI is InChI=1S/C20H21N3O5S/c1-14-10-12-22(19(24)18(14)15(2)20(25)26)21-13-16-7-6-11-23(16)29(27,28)17-8-4-3-5-9-17/h3-12,15,21H,13H2,1-2H3,(H,25,26). The summed E-state index contributed by atoms with van der Waals surface area (Å²) in [6, 6.07) is 12.9. The third-order valence-corrected chi connectivity index (χ3v) is 6.42. The lowest BCUT2D eigenvalue weighted by Gasteiger charge is -2.16. The fraction of sp³-hybridized carbons (Fsp3) is 0.200. The molecule has 0 spiro atoms. The molecule has 0 aliphatic heterocycles. The lowest BCUT2D eigenvalue weighted by molar-refractivity contribution is -0.138. The van der Waals surface area contributed by atoms with Crippen LogP contribution in [0.25, 0.3) is 0 Å². The van der Waals surface area contributed by atoms with Crippen molar-refractivity contribution in [3.8, 4) is 0 Å². The first kappa shape index (κ1) is 20.4. The van der Waals surface area contributed by atoms with Crippen LogP contribution in [-0.4, -0.2) is 28.1 Å². The number of aromatic nitrogens is 2. The van der Waals surface area contributed by atoms with Crippen LogP contribution in [0.15, 0.2) is 70.6 Å². The average Bonchev–Trinajstić information content (AvgIpc) is 3.17. The van der Waals surface area contributed by atoms with Gasteiger partial charge in [0.1, 0.15) is 0 Å². The molecule has 0 radical (unpaired) electrons. The predicted molar refractivity (Wildman–Crippen MR) is 108 cm³/mol. The summed E-state index contributed by atoms with van der Waals surface area (Å²) in [6.45, 7) is 3.18. The van der Waals surface area contributed by atoms with Crippen LogP contribution in [0.2, 0.25) is 0 Å². The molecule has 1 unspecified atom stereocenters. The van der Waals surface area contributed by atoms with E-state index in [4.69, 9.17) is 0 Å². The maximum Gasteiger partial charge on any atom is 0.310 e. The van der Waals surface area contributed by atoms with Crippen LogP contribution in [-0.2, 0) is 21.4 Å². The van der Waals surface area contributed by atoms with Crippen LogP contribution in [0.3, 0.4) is 0 Å². The summed E-state index contributed by atoms with van der Waals surface area (Å²) >= 11 is 0. The van der Waals surface area contributed by atoms with Crippen LogP contribution >= 0.6 is 0 Å². The molecular formula is C20H21N3O5S. The van der Waals surface area contributed by atoms with E-state index in [0.717, 1.165) is 3.97 Å². The minimum Gasteiger partial charge on any atom is -0.481 e. The van der Waals surface area contributed by atoms with Gasteiger partial charge >= 0.3 is 5.97 Å². The number of nitrogens with zero attached hydrogens (tertiary/aromatic N) is 2. The first-order chi connectivity index (χ1) is 13.7. The average molecular weight is 415 g/mol. The molecule has 0 aliphatic carbocycles. The van der Waals surface area contributed by atoms with Crippen molar-refractivity contribution in [3.05, 3.63) is 88.1 Å². The summed E-state index contributed by atoms with van der Waals surface area (Å²) in [5, 5.41) is 9.25. The first-order valence-corrected chi connectivity index (χ1v) is 10.3. The second kappa shape index (κ2) is 7.96. The first-order valence-electron chi connectivity index (χ1n) is 8.89. The van der Waals surface area contributed by atoms with E-state index in [1.807, 2.05) is 0 Å². The van der Waals surface area contributed by atoms with E-state index in [0.29, 0.717) is 11.3 Å². The molecule has 152 valence electrons. The Hall–Kier alpha value is -3.33. The van der Waals surface area contributed by atoms with E-state index in [1.54, 1.807) is 43.3 Å². The fourth-order valence-electron chi connectivity index (χ4n) is 3.06. The molecule has 2 heterocycles. The van der Waals surface area contributed by atoms with Gasteiger partial charge in [-0.3, -0.25) is 9.59 Å². The number of carboxylic acid groups (broad SMARTS) is 1. The lowest BCUT2D eigenvalue weighted by Crippen LogP contribution is -2.33. The number of aliphatic carboxylic acids is 1. The van der Waals surface area contributed by atoms with Crippen molar-refractivity contribution < 1.29 is 18.3 Å². The van der Waals surface area contributed by atoms with Gasteiger partial charge in [-0.1, -0.05) is 18.2 Å². The van der Waals surface area contributed by atoms with E-state index in [1.165, 1.54) is 36.1 Å². The molecule has 0 bridgehead atoms. The van der Waals surface area contributed by atoms with Crippen molar-refractivity contribution in [2.24, 2.45) is 0 Å². The van der Waals surface area contributed by atoms with E-state index in [2.05, 4.69) is 5.43 Å². The largest absolute Gasteiger partial charge is 0.481 e. The number of hydrogen-bond donors (Lipinski definition) is 2. The van der Waals surface area contributed by atoms with Gasteiger partial charge in [0.25, 0.3) is 15.6 Å². The van der Waals surface area contributed by atoms with Gasteiger partial charge in [-0.15, -0.1) is 0 Å². The van der Waals surface area contributed by atoms with E-state index >= 15 is 0 Å². The summed E-state index contributed by atoms with van der Waals surface area (Å²) < 4.78 is 28.0. The molecule has 0 aliphatic rings. The number of carbonyl (C=O) groups is 1. The van der Waals surface area contributed by atoms with Gasteiger partial charge in [0.05, 0.1) is 23.1 Å². The van der Waals surface area contributed by atoms with Crippen molar-refractivity contribution in [1.82, 2.24) is 8.65 Å². The number of carboxylic acids is 1. The predicted octanol–water partition coefficient (Wildman–Crippen LogP) is 2.13. The molecular weight excluding hydrogens is 394 g/mol. The molecule has 0 saturated heterocycles. The van der Waals surface area contributed by atoms with Crippen LogP contribution in [0, 0.1) is 6.92 Å². The van der Waals surface area contributed by atoms with Crippen LogP contribution in [0.4, 0.5) is 0 Å². The molecule has 3 rings (SSSR count). The molecule has 8 nitrogen and oxygen atoms in total. The molecule has 3 aromatic rings. The number of nitrogens with one attached hydrogen (secondary N) is 1. The van der Waals surface area contributed by atoms with Crippen LogP contribution in [0.5, 0.6) is 0 Å². The van der Waals surface area contributed by atoms with Gasteiger partial charge in [0.2, 0.25) is 0 Å². The summed E-state index contributed by atoms with van der Waals surface area (Å²) in [7, 11) is -3.77. The summed E-state index contributed by atoms with van der Waals surface area (Å²) in [5.74, 6) is -2.05. The van der Waals surface area contributed by atoms with Crippen molar-refractivity contribution >= 4 is 16.0 Å². The number of rotatable bonds is 7. The zero-order valence-corrected chi connectivity index (χ0v) is 16.8. The lowest BCUT2D eigenvalue weighted by atomic mass is 9.99. The minimum atomic E-state index is -3.77. The molecule has 0 saturated carbocycles. The normalized spacial score (nSPS) is 12.5. The number of pyridine rings is 1. The summed E-state index contributed by atoms with van der Waals surface area (Å²) in [4.78, 5) is 24.2. The monoisotopic (exact) mass is 415 g/mol. The Morgan fingerprint density at radius 1 is 1.10 bits per heavy atom. The second-order valence-electron chi connectivity index (χ2n) is 6.60. The summed E-state index contributed by atoms with van der Waals surface area (Å²) in [5.41, 5.74) is 3.57. The van der Waals surface area contributed by atoms with Crippen LogP contribution < -0.4 is 11.0 Å². The Kier molecular flexibility index (Phi) is 5.60. The highest BCUT2D eigenvalue weighted by molar-refractivity contribution is 7.90. The molecule has 1 atom stereocenters. The SMILES string of the molecule is Cc1ccn(NCc2cccn2S(=O)(=O)c2ccccc2)c(=O)c1C(C)C(=O)O. The van der Waals surface area contributed by atoms with E-state index < -0.39 is 27.5 Å². The van der Waals surface area contributed by atoms with Gasteiger partial charge in [-0.05, 0) is 49.7 Å². The maximum absolute atomic E-state index is 12.9.